The second-order valence-electron chi connectivity index (χ2n) is 7.73. The van der Waals surface area contributed by atoms with E-state index < -0.39 is 0 Å². The molecule has 1 fully saturated rings. The highest BCUT2D eigenvalue weighted by Gasteiger charge is 2.13. The van der Waals surface area contributed by atoms with Crippen molar-refractivity contribution in [3.8, 4) is 17.2 Å². The van der Waals surface area contributed by atoms with E-state index in [1.165, 1.54) is 0 Å². The summed E-state index contributed by atoms with van der Waals surface area (Å²) in [5, 5.41) is 6.67. The van der Waals surface area contributed by atoms with Crippen molar-refractivity contribution in [1.82, 2.24) is 10.6 Å². The fraction of sp³-hybridized carbons (Fsp3) is 0.480. The largest absolute Gasteiger partial charge is 0.493 e. The minimum absolute atomic E-state index is 0. The van der Waals surface area contributed by atoms with Crippen LogP contribution in [0.2, 0.25) is 0 Å². The molecule has 0 aliphatic carbocycles. The van der Waals surface area contributed by atoms with Gasteiger partial charge in [-0.2, -0.15) is 0 Å². The summed E-state index contributed by atoms with van der Waals surface area (Å²) in [6.45, 7) is 4.83. The quantitative estimate of drug-likeness (QED) is 0.178. The Morgan fingerprint density at radius 3 is 2.45 bits per heavy atom. The van der Waals surface area contributed by atoms with E-state index in [1.807, 2.05) is 48.5 Å². The van der Waals surface area contributed by atoms with Crippen LogP contribution in [0.5, 0.6) is 17.2 Å². The molecule has 0 aromatic heterocycles. The third kappa shape index (κ3) is 9.77. The van der Waals surface area contributed by atoms with E-state index in [2.05, 4.69) is 15.6 Å². The van der Waals surface area contributed by atoms with Crippen molar-refractivity contribution in [3.05, 3.63) is 54.1 Å². The molecule has 1 aliphatic rings. The van der Waals surface area contributed by atoms with Gasteiger partial charge in [-0.25, -0.2) is 0 Å². The molecule has 8 heteroatoms. The monoisotopic (exact) mass is 569 g/mol. The predicted octanol–water partition coefficient (Wildman–Crippen LogP) is 4.60. The first-order chi connectivity index (χ1) is 15.8. The Hall–Kier alpha value is -2.04. The fourth-order valence-electron chi connectivity index (χ4n) is 3.46. The van der Waals surface area contributed by atoms with Gasteiger partial charge < -0.3 is 29.6 Å². The van der Waals surface area contributed by atoms with Gasteiger partial charge in [0.15, 0.2) is 17.5 Å². The van der Waals surface area contributed by atoms with Crippen LogP contribution < -0.4 is 20.1 Å². The summed E-state index contributed by atoms with van der Waals surface area (Å²) in [6, 6.07) is 15.6. The Labute approximate surface area is 214 Å². The van der Waals surface area contributed by atoms with Crippen molar-refractivity contribution in [1.29, 1.82) is 0 Å². The minimum atomic E-state index is 0. The number of hydrogen-bond donors (Lipinski definition) is 2. The molecule has 3 rings (SSSR count). The molecular formula is C25H36IN3O4. The standard InChI is InChI=1S/C25H35N3O4.HI/c1-26-25(27-14-5-15-31-19-21-12-16-30-17-13-21)28-18-20-8-10-22(11-9-20)32-24-7-4-3-6-23(24)29-2;/h3-4,6-11,21H,5,12-19H2,1-2H3,(H2,26,27,28);1H. The third-order valence-electron chi connectivity index (χ3n) is 5.36. The Morgan fingerprint density at radius 1 is 1.03 bits per heavy atom. The van der Waals surface area contributed by atoms with Crippen LogP contribution in [-0.2, 0) is 16.0 Å². The van der Waals surface area contributed by atoms with Gasteiger partial charge in [0.2, 0.25) is 0 Å². The number of methoxy groups -OCH3 is 1. The number of ether oxygens (including phenoxy) is 4. The Balaban J connectivity index is 0.00000385. The van der Waals surface area contributed by atoms with E-state index in [-0.39, 0.29) is 24.0 Å². The molecule has 1 saturated heterocycles. The number of benzene rings is 2. The van der Waals surface area contributed by atoms with E-state index >= 15 is 0 Å². The topological polar surface area (TPSA) is 73.3 Å². The average Bonchev–Trinajstić information content (AvgIpc) is 2.85. The van der Waals surface area contributed by atoms with Gasteiger partial charge in [-0.3, -0.25) is 4.99 Å². The molecule has 0 atom stereocenters. The Morgan fingerprint density at radius 2 is 1.76 bits per heavy atom. The van der Waals surface area contributed by atoms with Crippen LogP contribution in [0.3, 0.4) is 0 Å². The molecule has 182 valence electrons. The molecule has 2 aromatic carbocycles. The highest BCUT2D eigenvalue weighted by Crippen LogP contribution is 2.30. The molecule has 0 amide bonds. The lowest BCUT2D eigenvalue weighted by Crippen LogP contribution is -2.37. The van der Waals surface area contributed by atoms with E-state index in [4.69, 9.17) is 18.9 Å². The summed E-state index contributed by atoms with van der Waals surface area (Å²) >= 11 is 0. The van der Waals surface area contributed by atoms with Crippen LogP contribution in [0.1, 0.15) is 24.8 Å². The molecule has 7 nitrogen and oxygen atoms in total. The number of nitrogens with one attached hydrogen (secondary N) is 2. The van der Waals surface area contributed by atoms with Crippen molar-refractivity contribution in [3.63, 3.8) is 0 Å². The number of para-hydroxylation sites is 2. The Kier molecular flexibility index (Phi) is 13.0. The molecule has 2 N–H and O–H groups in total. The summed E-state index contributed by atoms with van der Waals surface area (Å²) in [7, 11) is 3.42. The van der Waals surface area contributed by atoms with Gasteiger partial charge in [-0.15, -0.1) is 24.0 Å². The van der Waals surface area contributed by atoms with Gasteiger partial charge in [0.1, 0.15) is 5.75 Å². The third-order valence-corrected chi connectivity index (χ3v) is 5.36. The maximum absolute atomic E-state index is 5.93. The summed E-state index contributed by atoms with van der Waals surface area (Å²) in [5.74, 6) is 3.60. The number of aliphatic imine (C=N–C) groups is 1. The summed E-state index contributed by atoms with van der Waals surface area (Å²) in [6.07, 6.45) is 3.17. The van der Waals surface area contributed by atoms with Crippen LogP contribution in [0.25, 0.3) is 0 Å². The second kappa shape index (κ2) is 15.7. The van der Waals surface area contributed by atoms with E-state index in [0.29, 0.717) is 24.0 Å². The van der Waals surface area contributed by atoms with Gasteiger partial charge in [-0.1, -0.05) is 24.3 Å². The lowest BCUT2D eigenvalue weighted by Gasteiger charge is -2.21. The summed E-state index contributed by atoms with van der Waals surface area (Å²) in [4.78, 5) is 4.29. The average molecular weight is 569 g/mol. The SMILES string of the molecule is CN=C(NCCCOCC1CCOCC1)NCc1ccc(Oc2ccccc2OC)cc1.I. The van der Waals surface area contributed by atoms with Crippen molar-refractivity contribution in [2.75, 3.05) is 47.1 Å². The molecule has 1 aliphatic heterocycles. The first-order valence-corrected chi connectivity index (χ1v) is 11.3. The normalized spacial score (nSPS) is 14.3. The molecule has 33 heavy (non-hydrogen) atoms. The molecule has 1 heterocycles. The minimum Gasteiger partial charge on any atom is -0.493 e. The molecular weight excluding hydrogens is 533 g/mol. The zero-order chi connectivity index (χ0) is 22.4. The first kappa shape index (κ1) is 27.2. The number of nitrogens with zero attached hydrogens (tertiary/aromatic N) is 1. The highest BCUT2D eigenvalue weighted by atomic mass is 127. The smallest absolute Gasteiger partial charge is 0.191 e. The molecule has 2 aromatic rings. The van der Waals surface area contributed by atoms with E-state index in [1.54, 1.807) is 14.2 Å². The van der Waals surface area contributed by atoms with Crippen molar-refractivity contribution >= 4 is 29.9 Å². The van der Waals surface area contributed by atoms with Gasteiger partial charge in [0.05, 0.1) is 7.11 Å². The van der Waals surface area contributed by atoms with E-state index in [9.17, 15) is 0 Å². The zero-order valence-electron chi connectivity index (χ0n) is 19.5. The molecule has 0 saturated carbocycles. The zero-order valence-corrected chi connectivity index (χ0v) is 21.9. The number of guanidine groups is 1. The summed E-state index contributed by atoms with van der Waals surface area (Å²) < 4.78 is 22.4. The van der Waals surface area contributed by atoms with Crippen molar-refractivity contribution in [2.45, 2.75) is 25.8 Å². The highest BCUT2D eigenvalue weighted by molar-refractivity contribution is 14.0. The Bertz CT molecular complexity index is 827. The van der Waals surface area contributed by atoms with Crippen LogP contribution in [0, 0.1) is 5.92 Å². The second-order valence-corrected chi connectivity index (χ2v) is 7.73. The lowest BCUT2D eigenvalue weighted by atomic mass is 10.0. The van der Waals surface area contributed by atoms with Gasteiger partial charge in [-0.05, 0) is 55.0 Å². The first-order valence-electron chi connectivity index (χ1n) is 11.3. The van der Waals surface area contributed by atoms with Crippen LogP contribution in [0.4, 0.5) is 0 Å². The van der Waals surface area contributed by atoms with E-state index in [0.717, 1.165) is 69.5 Å². The molecule has 0 spiro atoms. The fourth-order valence-corrected chi connectivity index (χ4v) is 3.46. The number of rotatable bonds is 11. The summed E-state index contributed by atoms with van der Waals surface area (Å²) in [5.41, 5.74) is 1.14. The molecule has 0 bridgehead atoms. The molecule has 0 radical (unpaired) electrons. The van der Waals surface area contributed by atoms with Crippen LogP contribution in [0.15, 0.2) is 53.5 Å². The maximum atomic E-state index is 5.93. The van der Waals surface area contributed by atoms with Crippen molar-refractivity contribution < 1.29 is 18.9 Å². The van der Waals surface area contributed by atoms with Gasteiger partial charge >= 0.3 is 0 Å². The van der Waals surface area contributed by atoms with Crippen molar-refractivity contribution in [2.24, 2.45) is 10.9 Å². The number of halogens is 1. The molecule has 0 unspecified atom stereocenters. The predicted molar refractivity (Wildman–Crippen MR) is 142 cm³/mol. The maximum Gasteiger partial charge on any atom is 0.191 e. The van der Waals surface area contributed by atoms with Gasteiger partial charge in [0, 0.05) is 46.6 Å². The van der Waals surface area contributed by atoms with Crippen LogP contribution >= 0.6 is 24.0 Å². The number of hydrogen-bond acceptors (Lipinski definition) is 5. The van der Waals surface area contributed by atoms with Crippen LogP contribution in [-0.4, -0.2) is 53.1 Å². The van der Waals surface area contributed by atoms with Gasteiger partial charge in [0.25, 0.3) is 0 Å². The lowest BCUT2D eigenvalue weighted by molar-refractivity contribution is 0.0203.